The van der Waals surface area contributed by atoms with Crippen LogP contribution in [-0.2, 0) is 17.5 Å². The van der Waals surface area contributed by atoms with Gasteiger partial charge >= 0.3 is 6.18 Å². The second-order valence-corrected chi connectivity index (χ2v) is 8.02. The molecule has 4 rings (SSSR count). The maximum atomic E-state index is 13.1. The Balaban J connectivity index is 1.31. The van der Waals surface area contributed by atoms with Crippen molar-refractivity contribution in [3.63, 3.8) is 0 Å². The average Bonchev–Trinajstić information content (AvgIpc) is 3.27. The van der Waals surface area contributed by atoms with Crippen LogP contribution in [-0.4, -0.2) is 51.3 Å². The SMILES string of the molecule is CCNC(=O)c1ccc(CNC(=O)C2CCN(c3ccc4nnc(C(F)(F)F)n4n3)CC2)cc1. The van der Waals surface area contributed by atoms with Crippen molar-refractivity contribution in [2.24, 2.45) is 5.92 Å². The molecule has 0 aliphatic carbocycles. The van der Waals surface area contributed by atoms with E-state index in [9.17, 15) is 22.8 Å². The molecule has 0 radical (unpaired) electrons. The van der Waals surface area contributed by atoms with Crippen molar-refractivity contribution in [3.05, 3.63) is 53.3 Å². The number of nitrogens with zero attached hydrogens (tertiary/aromatic N) is 5. The van der Waals surface area contributed by atoms with Crippen LogP contribution in [0.15, 0.2) is 36.4 Å². The van der Waals surface area contributed by atoms with Crippen molar-refractivity contribution in [3.8, 4) is 0 Å². The lowest BCUT2D eigenvalue weighted by molar-refractivity contribution is -0.146. The molecule has 3 heterocycles. The highest BCUT2D eigenvalue weighted by atomic mass is 19.4. The molecule has 2 aromatic heterocycles. The Hall–Kier alpha value is -3.70. The predicted molar refractivity (Wildman–Crippen MR) is 117 cm³/mol. The summed E-state index contributed by atoms with van der Waals surface area (Å²) >= 11 is 0. The summed E-state index contributed by atoms with van der Waals surface area (Å²) in [5, 5.41) is 16.4. The molecule has 1 saturated heterocycles. The predicted octanol–water partition coefficient (Wildman–Crippen LogP) is 2.43. The van der Waals surface area contributed by atoms with Gasteiger partial charge in [-0.05, 0) is 49.6 Å². The number of piperidine rings is 1. The summed E-state index contributed by atoms with van der Waals surface area (Å²) in [6.45, 7) is 3.72. The van der Waals surface area contributed by atoms with E-state index >= 15 is 0 Å². The first-order valence-corrected chi connectivity index (χ1v) is 11.0. The zero-order valence-electron chi connectivity index (χ0n) is 18.5. The number of amides is 2. The van der Waals surface area contributed by atoms with E-state index in [0.29, 0.717) is 54.9 Å². The van der Waals surface area contributed by atoms with Crippen LogP contribution in [0.2, 0.25) is 0 Å². The summed E-state index contributed by atoms with van der Waals surface area (Å²) in [6, 6.07) is 10.1. The number of alkyl halides is 3. The molecular formula is C22H24F3N7O2. The van der Waals surface area contributed by atoms with Crippen molar-refractivity contribution in [1.29, 1.82) is 0 Å². The van der Waals surface area contributed by atoms with Crippen LogP contribution in [0.25, 0.3) is 5.65 Å². The van der Waals surface area contributed by atoms with Gasteiger partial charge in [0.15, 0.2) is 5.65 Å². The van der Waals surface area contributed by atoms with E-state index in [1.807, 2.05) is 11.8 Å². The second-order valence-electron chi connectivity index (χ2n) is 8.02. The Morgan fingerprint density at radius 2 is 1.74 bits per heavy atom. The Labute approximate surface area is 193 Å². The number of anilines is 1. The number of benzene rings is 1. The molecule has 180 valence electrons. The number of hydrogen-bond acceptors (Lipinski definition) is 6. The molecule has 0 saturated carbocycles. The van der Waals surface area contributed by atoms with Gasteiger partial charge in [-0.1, -0.05) is 12.1 Å². The summed E-state index contributed by atoms with van der Waals surface area (Å²) < 4.78 is 40.0. The standard InChI is InChI=1S/C22H24F3N7O2/c1-2-26-19(33)15-5-3-14(4-6-15)13-27-20(34)16-9-11-31(12-10-16)18-8-7-17-28-29-21(22(23,24)25)32(17)30-18/h3-8,16H,2,9-13H2,1H3,(H,26,33)(H,27,34). The van der Waals surface area contributed by atoms with E-state index in [2.05, 4.69) is 25.9 Å². The number of carbonyl (C=O) groups is 2. The zero-order chi connectivity index (χ0) is 24.3. The fourth-order valence-electron chi connectivity index (χ4n) is 3.87. The van der Waals surface area contributed by atoms with Crippen molar-refractivity contribution in [2.45, 2.75) is 32.5 Å². The molecule has 0 bridgehead atoms. The molecule has 12 heteroatoms. The fraction of sp³-hybridized carbons (Fsp3) is 0.409. The second kappa shape index (κ2) is 9.65. The number of fused-ring (bicyclic) bond motifs is 1. The highest BCUT2D eigenvalue weighted by Crippen LogP contribution is 2.28. The average molecular weight is 475 g/mol. The smallest absolute Gasteiger partial charge is 0.355 e. The minimum absolute atomic E-state index is 0.0179. The summed E-state index contributed by atoms with van der Waals surface area (Å²) in [6.07, 6.45) is -3.55. The van der Waals surface area contributed by atoms with Gasteiger partial charge in [0.05, 0.1) is 0 Å². The van der Waals surface area contributed by atoms with Crippen LogP contribution in [0.3, 0.4) is 0 Å². The maximum absolute atomic E-state index is 13.1. The first kappa shape index (κ1) is 23.5. The highest BCUT2D eigenvalue weighted by molar-refractivity contribution is 5.94. The Morgan fingerprint density at radius 1 is 1.03 bits per heavy atom. The van der Waals surface area contributed by atoms with Gasteiger partial charge < -0.3 is 15.5 Å². The molecule has 1 aliphatic heterocycles. The lowest BCUT2D eigenvalue weighted by Gasteiger charge is -2.32. The number of carbonyl (C=O) groups excluding carboxylic acids is 2. The third-order valence-corrected chi connectivity index (χ3v) is 5.71. The molecule has 1 aromatic carbocycles. The van der Waals surface area contributed by atoms with Crippen LogP contribution >= 0.6 is 0 Å². The summed E-state index contributed by atoms with van der Waals surface area (Å²) in [7, 11) is 0. The quantitative estimate of drug-likeness (QED) is 0.568. The Morgan fingerprint density at radius 3 is 2.38 bits per heavy atom. The first-order chi connectivity index (χ1) is 16.3. The van der Waals surface area contributed by atoms with E-state index in [1.165, 1.54) is 6.07 Å². The largest absolute Gasteiger partial charge is 0.453 e. The molecule has 0 unspecified atom stereocenters. The van der Waals surface area contributed by atoms with Crippen LogP contribution < -0.4 is 15.5 Å². The van der Waals surface area contributed by atoms with E-state index in [4.69, 9.17) is 0 Å². The van der Waals surface area contributed by atoms with Crippen LogP contribution in [0.1, 0.15) is 41.5 Å². The lowest BCUT2D eigenvalue weighted by atomic mass is 9.96. The zero-order valence-corrected chi connectivity index (χ0v) is 18.5. The summed E-state index contributed by atoms with van der Waals surface area (Å²) in [5.74, 6) is -1.21. The maximum Gasteiger partial charge on any atom is 0.453 e. The Kier molecular flexibility index (Phi) is 6.66. The van der Waals surface area contributed by atoms with Gasteiger partial charge in [0.1, 0.15) is 5.82 Å². The van der Waals surface area contributed by atoms with Crippen LogP contribution in [0.4, 0.5) is 19.0 Å². The van der Waals surface area contributed by atoms with Crippen molar-refractivity contribution in [1.82, 2.24) is 30.4 Å². The third-order valence-electron chi connectivity index (χ3n) is 5.71. The van der Waals surface area contributed by atoms with Crippen molar-refractivity contribution < 1.29 is 22.8 Å². The van der Waals surface area contributed by atoms with Gasteiger partial charge in [0, 0.05) is 37.7 Å². The number of hydrogen-bond donors (Lipinski definition) is 2. The number of halogens is 3. The van der Waals surface area contributed by atoms with Gasteiger partial charge in [-0.3, -0.25) is 9.59 Å². The molecule has 2 amide bonds. The monoisotopic (exact) mass is 475 g/mol. The molecule has 34 heavy (non-hydrogen) atoms. The van der Waals surface area contributed by atoms with Crippen LogP contribution in [0, 0.1) is 5.92 Å². The van der Waals surface area contributed by atoms with E-state index < -0.39 is 12.0 Å². The van der Waals surface area contributed by atoms with Gasteiger partial charge in [-0.15, -0.1) is 15.3 Å². The Bertz CT molecular complexity index is 1170. The number of nitrogens with one attached hydrogen (secondary N) is 2. The topological polar surface area (TPSA) is 105 Å². The lowest BCUT2D eigenvalue weighted by Crippen LogP contribution is -2.40. The normalized spacial score (nSPS) is 14.9. The molecule has 1 aliphatic rings. The van der Waals surface area contributed by atoms with Crippen molar-refractivity contribution >= 4 is 23.3 Å². The first-order valence-electron chi connectivity index (χ1n) is 11.0. The van der Waals surface area contributed by atoms with E-state index in [1.54, 1.807) is 30.3 Å². The van der Waals surface area contributed by atoms with Gasteiger partial charge in [-0.2, -0.15) is 17.7 Å². The van der Waals surface area contributed by atoms with Crippen molar-refractivity contribution in [2.75, 3.05) is 24.5 Å². The minimum atomic E-state index is -4.65. The number of rotatable bonds is 6. The summed E-state index contributed by atoms with van der Waals surface area (Å²) in [4.78, 5) is 26.3. The van der Waals surface area contributed by atoms with Gasteiger partial charge in [0.25, 0.3) is 11.7 Å². The van der Waals surface area contributed by atoms with E-state index in [0.717, 1.165) is 5.56 Å². The van der Waals surface area contributed by atoms with Crippen LogP contribution in [0.5, 0.6) is 0 Å². The fourth-order valence-corrected chi connectivity index (χ4v) is 3.87. The third kappa shape index (κ3) is 5.10. The molecule has 3 aromatic rings. The van der Waals surface area contributed by atoms with Gasteiger partial charge in [-0.25, -0.2) is 0 Å². The van der Waals surface area contributed by atoms with E-state index in [-0.39, 0.29) is 23.4 Å². The molecule has 9 nitrogen and oxygen atoms in total. The van der Waals surface area contributed by atoms with Gasteiger partial charge in [0.2, 0.25) is 5.91 Å². The molecule has 0 atom stereocenters. The summed E-state index contributed by atoms with van der Waals surface area (Å²) in [5.41, 5.74) is 1.46. The molecule has 1 fully saturated rings. The highest BCUT2D eigenvalue weighted by Gasteiger charge is 2.38. The molecule has 0 spiro atoms. The molecule has 2 N–H and O–H groups in total. The molecular weight excluding hydrogens is 451 g/mol. The minimum Gasteiger partial charge on any atom is -0.355 e. The number of aromatic nitrogens is 4.